The largest absolute Gasteiger partial charge is 0.381 e. The van der Waals surface area contributed by atoms with Gasteiger partial charge in [-0.1, -0.05) is 18.7 Å². The summed E-state index contributed by atoms with van der Waals surface area (Å²) in [6, 6.07) is 0.388. The molecule has 1 saturated carbocycles. The van der Waals surface area contributed by atoms with Crippen LogP contribution in [0.15, 0.2) is 17.4 Å². The Morgan fingerprint density at radius 1 is 1.35 bits per heavy atom. The van der Waals surface area contributed by atoms with Crippen molar-refractivity contribution in [1.82, 2.24) is 14.9 Å². The van der Waals surface area contributed by atoms with Gasteiger partial charge >= 0.3 is 0 Å². The molecule has 0 bridgehead atoms. The lowest BCUT2D eigenvalue weighted by Crippen LogP contribution is -2.40. The number of nitrogen functional groups attached to an aromatic ring is 1. The molecule has 0 saturated heterocycles. The maximum atomic E-state index is 12.2. The quantitative estimate of drug-likeness (QED) is 0.862. The van der Waals surface area contributed by atoms with Gasteiger partial charge in [0, 0.05) is 25.5 Å². The molecule has 1 fully saturated rings. The van der Waals surface area contributed by atoms with E-state index in [0.29, 0.717) is 22.6 Å². The number of amides is 1. The molecule has 20 heavy (non-hydrogen) atoms. The molecular formula is C14H22N4OS. The maximum Gasteiger partial charge on any atom is 0.232 e. The number of aromatic nitrogens is 2. The lowest BCUT2D eigenvalue weighted by Gasteiger charge is -2.33. The van der Waals surface area contributed by atoms with Gasteiger partial charge in [0.15, 0.2) is 5.82 Å². The number of thioether (sulfide) groups is 1. The van der Waals surface area contributed by atoms with Crippen molar-refractivity contribution in [2.45, 2.75) is 43.7 Å². The van der Waals surface area contributed by atoms with Crippen molar-refractivity contribution in [3.63, 3.8) is 0 Å². The van der Waals surface area contributed by atoms with Crippen LogP contribution in [0.5, 0.6) is 0 Å². The van der Waals surface area contributed by atoms with Crippen molar-refractivity contribution in [2.75, 3.05) is 18.5 Å². The van der Waals surface area contributed by atoms with Crippen molar-refractivity contribution in [2.24, 2.45) is 5.92 Å². The molecule has 0 aromatic carbocycles. The molecule has 0 aliphatic heterocycles. The molecule has 0 atom stereocenters. The van der Waals surface area contributed by atoms with Crippen LogP contribution in [0.4, 0.5) is 5.82 Å². The second-order valence-corrected chi connectivity index (χ2v) is 6.42. The highest BCUT2D eigenvalue weighted by Crippen LogP contribution is 2.27. The molecule has 1 aliphatic carbocycles. The monoisotopic (exact) mass is 294 g/mol. The highest BCUT2D eigenvalue weighted by Gasteiger charge is 2.24. The minimum Gasteiger partial charge on any atom is -0.381 e. The topological polar surface area (TPSA) is 72.1 Å². The van der Waals surface area contributed by atoms with Crippen LogP contribution in [0.3, 0.4) is 0 Å². The molecule has 2 N–H and O–H groups in total. The summed E-state index contributed by atoms with van der Waals surface area (Å²) < 4.78 is 0. The number of carbonyl (C=O) groups excluding carboxylic acids is 1. The Morgan fingerprint density at radius 3 is 2.65 bits per heavy atom. The first-order valence-corrected chi connectivity index (χ1v) is 8.01. The average molecular weight is 294 g/mol. The van der Waals surface area contributed by atoms with E-state index in [0.717, 1.165) is 18.8 Å². The number of anilines is 1. The first-order valence-electron chi connectivity index (χ1n) is 7.03. The van der Waals surface area contributed by atoms with Crippen LogP contribution in [0.1, 0.15) is 32.6 Å². The fourth-order valence-corrected chi connectivity index (χ4v) is 3.31. The summed E-state index contributed by atoms with van der Waals surface area (Å²) in [5.41, 5.74) is 5.72. The predicted molar refractivity (Wildman–Crippen MR) is 81.4 cm³/mol. The number of nitrogens with two attached hydrogens (primary N) is 1. The number of nitrogens with zero attached hydrogens (tertiary/aromatic N) is 3. The fourth-order valence-electron chi connectivity index (χ4n) is 2.51. The van der Waals surface area contributed by atoms with Gasteiger partial charge in [-0.15, -0.1) is 0 Å². The van der Waals surface area contributed by atoms with E-state index in [2.05, 4.69) is 16.9 Å². The number of hydrogen-bond donors (Lipinski definition) is 1. The average Bonchev–Trinajstić information content (AvgIpc) is 2.46. The van der Waals surface area contributed by atoms with Crippen LogP contribution in [-0.2, 0) is 4.79 Å². The fraction of sp³-hybridized carbons (Fsp3) is 0.643. The van der Waals surface area contributed by atoms with Crippen LogP contribution < -0.4 is 5.73 Å². The molecule has 1 heterocycles. The van der Waals surface area contributed by atoms with Crippen LogP contribution in [-0.4, -0.2) is 39.6 Å². The molecule has 1 aromatic rings. The molecule has 1 aliphatic rings. The van der Waals surface area contributed by atoms with Gasteiger partial charge in [-0.2, -0.15) is 0 Å². The second-order valence-electron chi connectivity index (χ2n) is 5.45. The maximum absolute atomic E-state index is 12.2. The zero-order chi connectivity index (χ0) is 14.5. The molecule has 110 valence electrons. The van der Waals surface area contributed by atoms with E-state index in [1.807, 2.05) is 11.9 Å². The van der Waals surface area contributed by atoms with Crippen molar-refractivity contribution in [1.29, 1.82) is 0 Å². The van der Waals surface area contributed by atoms with Gasteiger partial charge in [0.1, 0.15) is 5.03 Å². The third-order valence-electron chi connectivity index (χ3n) is 3.95. The van der Waals surface area contributed by atoms with Crippen LogP contribution in [0.2, 0.25) is 0 Å². The summed E-state index contributed by atoms with van der Waals surface area (Å²) in [5.74, 6) is 1.69. The van der Waals surface area contributed by atoms with Gasteiger partial charge < -0.3 is 10.6 Å². The third kappa shape index (κ3) is 3.85. The zero-order valence-electron chi connectivity index (χ0n) is 12.1. The van der Waals surface area contributed by atoms with Gasteiger partial charge in [-0.3, -0.25) is 4.79 Å². The van der Waals surface area contributed by atoms with Crippen molar-refractivity contribution < 1.29 is 4.79 Å². The van der Waals surface area contributed by atoms with Gasteiger partial charge in [0.25, 0.3) is 0 Å². The summed E-state index contributed by atoms with van der Waals surface area (Å²) in [6.07, 6.45) is 7.80. The molecule has 1 aromatic heterocycles. The van der Waals surface area contributed by atoms with Gasteiger partial charge in [-0.25, -0.2) is 9.97 Å². The summed E-state index contributed by atoms with van der Waals surface area (Å²) in [4.78, 5) is 22.2. The van der Waals surface area contributed by atoms with E-state index in [1.165, 1.54) is 24.6 Å². The molecule has 5 nitrogen and oxygen atoms in total. The summed E-state index contributed by atoms with van der Waals surface area (Å²) in [7, 11) is 1.91. The van der Waals surface area contributed by atoms with Crippen molar-refractivity contribution in [3.05, 3.63) is 12.4 Å². The van der Waals surface area contributed by atoms with Gasteiger partial charge in [0.2, 0.25) is 5.91 Å². The normalized spacial score (nSPS) is 22.5. The SMILES string of the molecule is CC1CCC(N(C)C(=O)CSc2nccnc2N)CC1. The lowest BCUT2D eigenvalue weighted by atomic mass is 9.87. The first-order chi connectivity index (χ1) is 9.58. The molecule has 1 amide bonds. The lowest BCUT2D eigenvalue weighted by molar-refractivity contribution is -0.129. The Bertz CT molecular complexity index is 460. The Morgan fingerprint density at radius 2 is 2.00 bits per heavy atom. The predicted octanol–water partition coefficient (Wildman–Crippen LogP) is 2.19. The number of rotatable bonds is 4. The highest BCUT2D eigenvalue weighted by atomic mass is 32.2. The van der Waals surface area contributed by atoms with Crippen molar-refractivity contribution >= 4 is 23.5 Å². The number of carbonyl (C=O) groups is 1. The summed E-state index contributed by atoms with van der Waals surface area (Å²) in [5, 5.41) is 0.631. The van der Waals surface area contributed by atoms with Crippen LogP contribution in [0, 0.1) is 5.92 Å². The molecule has 0 unspecified atom stereocenters. The summed E-state index contributed by atoms with van der Waals surface area (Å²) in [6.45, 7) is 2.28. The minimum atomic E-state index is 0.139. The standard InChI is InChI=1S/C14H22N4OS/c1-10-3-5-11(6-4-10)18(2)12(19)9-20-14-13(15)16-7-8-17-14/h7-8,10-11H,3-6,9H2,1-2H3,(H2,15,16). The zero-order valence-corrected chi connectivity index (χ0v) is 12.9. The van der Waals surface area contributed by atoms with E-state index in [4.69, 9.17) is 5.73 Å². The van der Waals surface area contributed by atoms with E-state index < -0.39 is 0 Å². The van der Waals surface area contributed by atoms with E-state index in [9.17, 15) is 4.79 Å². The number of hydrogen-bond acceptors (Lipinski definition) is 5. The smallest absolute Gasteiger partial charge is 0.232 e. The Hall–Kier alpha value is -1.30. The van der Waals surface area contributed by atoms with E-state index >= 15 is 0 Å². The Balaban J connectivity index is 1.84. The van der Waals surface area contributed by atoms with Gasteiger partial charge in [-0.05, 0) is 31.6 Å². The second kappa shape index (κ2) is 6.92. The van der Waals surface area contributed by atoms with Gasteiger partial charge in [0.05, 0.1) is 5.75 Å². The van der Waals surface area contributed by atoms with E-state index in [1.54, 1.807) is 12.4 Å². The molecule has 0 spiro atoms. The van der Waals surface area contributed by atoms with E-state index in [-0.39, 0.29) is 5.91 Å². The van der Waals surface area contributed by atoms with Crippen LogP contribution in [0.25, 0.3) is 0 Å². The van der Waals surface area contributed by atoms with Crippen molar-refractivity contribution in [3.8, 4) is 0 Å². The highest BCUT2D eigenvalue weighted by molar-refractivity contribution is 8.00. The Kier molecular flexibility index (Phi) is 5.23. The molecule has 0 radical (unpaired) electrons. The molecular weight excluding hydrogens is 272 g/mol. The summed E-state index contributed by atoms with van der Waals surface area (Å²) >= 11 is 1.36. The minimum absolute atomic E-state index is 0.139. The molecule has 6 heteroatoms. The first kappa shape index (κ1) is 15.1. The van der Waals surface area contributed by atoms with Crippen LogP contribution >= 0.6 is 11.8 Å². The third-order valence-corrected chi connectivity index (χ3v) is 4.93. The Labute approximate surface area is 124 Å². The molecule has 2 rings (SSSR count).